The first kappa shape index (κ1) is 11.8. The number of rotatable bonds is 4. The van der Waals surface area contributed by atoms with Crippen LogP contribution in [0.5, 0.6) is 0 Å². The first-order valence-corrected chi connectivity index (χ1v) is 6.14. The molecule has 2 rings (SSSR count). The van der Waals surface area contributed by atoms with Crippen LogP contribution in [0.1, 0.15) is 25.0 Å². The Bertz CT molecular complexity index is 308. The van der Waals surface area contributed by atoms with Gasteiger partial charge < -0.3 is 10.6 Å². The lowest BCUT2D eigenvalue weighted by Gasteiger charge is -2.23. The van der Waals surface area contributed by atoms with Crippen molar-refractivity contribution in [2.24, 2.45) is 0 Å². The molecular weight excluding hydrogens is 224 g/mol. The van der Waals surface area contributed by atoms with E-state index in [2.05, 4.69) is 20.8 Å². The molecule has 5 heteroatoms. The fraction of sp³-hybridized carbons (Fsp3) is 0.636. The van der Waals surface area contributed by atoms with Gasteiger partial charge in [0.1, 0.15) is 0 Å². The molecule has 0 radical (unpaired) electrons. The van der Waals surface area contributed by atoms with Crippen LogP contribution in [0.25, 0.3) is 0 Å². The summed E-state index contributed by atoms with van der Waals surface area (Å²) < 4.78 is 0. The molecule has 1 aliphatic heterocycles. The van der Waals surface area contributed by atoms with Gasteiger partial charge in [0, 0.05) is 19.1 Å². The molecule has 2 heterocycles. The lowest BCUT2D eigenvalue weighted by Crippen LogP contribution is -2.41. The largest absolute Gasteiger partial charge is 0.313 e. The molecule has 1 aliphatic rings. The van der Waals surface area contributed by atoms with E-state index in [0.29, 0.717) is 11.2 Å². The second-order valence-corrected chi connectivity index (χ2v) is 4.51. The molecule has 0 aromatic carbocycles. The van der Waals surface area contributed by atoms with Gasteiger partial charge in [0.05, 0.1) is 5.69 Å². The van der Waals surface area contributed by atoms with Crippen LogP contribution in [-0.2, 0) is 6.54 Å². The van der Waals surface area contributed by atoms with Crippen LogP contribution in [0.2, 0.25) is 5.15 Å². The second kappa shape index (κ2) is 6.13. The monoisotopic (exact) mass is 240 g/mol. The number of hydrogen-bond donors (Lipinski definition) is 2. The van der Waals surface area contributed by atoms with Gasteiger partial charge in [0.2, 0.25) is 0 Å². The van der Waals surface area contributed by atoms with Gasteiger partial charge in [-0.25, -0.2) is 0 Å². The lowest BCUT2D eigenvalue weighted by molar-refractivity contribution is 0.382. The fourth-order valence-corrected chi connectivity index (χ4v) is 2.01. The third-order valence-corrected chi connectivity index (χ3v) is 3.00. The highest BCUT2D eigenvalue weighted by Gasteiger charge is 2.11. The highest BCUT2D eigenvalue weighted by Crippen LogP contribution is 2.06. The summed E-state index contributed by atoms with van der Waals surface area (Å²) in [4.78, 5) is 0. The Hall–Kier alpha value is -0.710. The molecule has 0 spiro atoms. The van der Waals surface area contributed by atoms with Crippen molar-refractivity contribution in [2.75, 3.05) is 13.1 Å². The van der Waals surface area contributed by atoms with Crippen molar-refractivity contribution in [1.29, 1.82) is 0 Å². The van der Waals surface area contributed by atoms with Gasteiger partial charge in [-0.1, -0.05) is 18.0 Å². The molecule has 0 aliphatic carbocycles. The molecule has 0 saturated carbocycles. The number of piperidine rings is 1. The van der Waals surface area contributed by atoms with Crippen LogP contribution in [0.15, 0.2) is 12.1 Å². The first-order valence-electron chi connectivity index (χ1n) is 5.77. The van der Waals surface area contributed by atoms with Crippen LogP contribution in [-0.4, -0.2) is 29.3 Å². The predicted octanol–water partition coefficient (Wildman–Crippen LogP) is 1.36. The summed E-state index contributed by atoms with van der Waals surface area (Å²) in [5.74, 6) is 0. The van der Waals surface area contributed by atoms with E-state index in [-0.39, 0.29) is 0 Å². The van der Waals surface area contributed by atoms with Crippen LogP contribution >= 0.6 is 11.6 Å². The molecule has 1 atom stereocenters. The van der Waals surface area contributed by atoms with Crippen molar-refractivity contribution in [3.63, 3.8) is 0 Å². The van der Waals surface area contributed by atoms with Crippen LogP contribution in [0.4, 0.5) is 0 Å². The molecule has 4 nitrogen and oxygen atoms in total. The minimum atomic E-state index is 0.442. The Balaban J connectivity index is 1.69. The maximum Gasteiger partial charge on any atom is 0.151 e. The van der Waals surface area contributed by atoms with Crippen LogP contribution in [0.3, 0.4) is 0 Å². The Morgan fingerprint density at radius 2 is 2.31 bits per heavy atom. The van der Waals surface area contributed by atoms with Crippen molar-refractivity contribution in [3.8, 4) is 0 Å². The number of hydrogen-bond acceptors (Lipinski definition) is 4. The topological polar surface area (TPSA) is 49.8 Å². The van der Waals surface area contributed by atoms with E-state index in [9.17, 15) is 0 Å². The number of halogens is 1. The molecule has 16 heavy (non-hydrogen) atoms. The Kier molecular flexibility index (Phi) is 4.51. The van der Waals surface area contributed by atoms with Gasteiger partial charge in [0.15, 0.2) is 5.15 Å². The van der Waals surface area contributed by atoms with Crippen molar-refractivity contribution < 1.29 is 0 Å². The quantitative estimate of drug-likeness (QED) is 0.835. The average molecular weight is 241 g/mol. The molecule has 0 bridgehead atoms. The van der Waals surface area contributed by atoms with E-state index >= 15 is 0 Å². The minimum Gasteiger partial charge on any atom is -0.313 e. The van der Waals surface area contributed by atoms with Gasteiger partial charge >= 0.3 is 0 Å². The highest BCUT2D eigenvalue weighted by molar-refractivity contribution is 6.29. The summed E-state index contributed by atoms with van der Waals surface area (Å²) in [5.41, 5.74) is 0.931. The summed E-state index contributed by atoms with van der Waals surface area (Å²) in [7, 11) is 0. The molecule has 1 aromatic heterocycles. The number of nitrogens with one attached hydrogen (secondary N) is 2. The van der Waals surface area contributed by atoms with E-state index in [0.717, 1.165) is 25.3 Å². The highest BCUT2D eigenvalue weighted by atomic mass is 35.5. The summed E-state index contributed by atoms with van der Waals surface area (Å²) in [5, 5.41) is 15.1. The SMILES string of the molecule is Clc1ccc(CNCC2CCCCN2)nn1. The molecule has 1 unspecified atom stereocenters. The zero-order valence-corrected chi connectivity index (χ0v) is 10.0. The van der Waals surface area contributed by atoms with Crippen LogP contribution < -0.4 is 10.6 Å². The van der Waals surface area contributed by atoms with Crippen molar-refractivity contribution in [2.45, 2.75) is 31.8 Å². The van der Waals surface area contributed by atoms with E-state index in [1.165, 1.54) is 19.3 Å². The van der Waals surface area contributed by atoms with Gasteiger partial charge in [-0.05, 0) is 31.5 Å². The number of aromatic nitrogens is 2. The zero-order valence-electron chi connectivity index (χ0n) is 9.25. The summed E-state index contributed by atoms with van der Waals surface area (Å²) in [6.07, 6.45) is 3.90. The molecule has 0 amide bonds. The van der Waals surface area contributed by atoms with Crippen molar-refractivity contribution in [3.05, 3.63) is 23.0 Å². The lowest BCUT2D eigenvalue weighted by atomic mass is 10.1. The predicted molar refractivity (Wildman–Crippen MR) is 64.4 cm³/mol. The van der Waals surface area contributed by atoms with E-state index in [4.69, 9.17) is 11.6 Å². The van der Waals surface area contributed by atoms with Gasteiger partial charge in [-0.2, -0.15) is 5.10 Å². The molecule has 1 saturated heterocycles. The van der Waals surface area contributed by atoms with Gasteiger partial charge in [0.25, 0.3) is 0 Å². The third kappa shape index (κ3) is 3.70. The third-order valence-electron chi connectivity index (χ3n) is 2.80. The summed E-state index contributed by atoms with van der Waals surface area (Å²) in [6.45, 7) is 2.89. The Morgan fingerprint density at radius 1 is 1.38 bits per heavy atom. The summed E-state index contributed by atoms with van der Waals surface area (Å²) >= 11 is 5.66. The number of nitrogens with zero attached hydrogens (tertiary/aromatic N) is 2. The fourth-order valence-electron chi connectivity index (χ4n) is 1.91. The van der Waals surface area contributed by atoms with Gasteiger partial charge in [-0.15, -0.1) is 5.10 Å². The minimum absolute atomic E-state index is 0.442. The Labute approximate surface area is 101 Å². The second-order valence-electron chi connectivity index (χ2n) is 4.13. The van der Waals surface area contributed by atoms with Crippen molar-refractivity contribution in [1.82, 2.24) is 20.8 Å². The normalized spacial score (nSPS) is 20.9. The van der Waals surface area contributed by atoms with Crippen LogP contribution in [0, 0.1) is 0 Å². The standard InChI is InChI=1S/C11H17ClN4/c12-11-5-4-10(15-16-11)8-13-7-9-3-1-2-6-14-9/h4-5,9,13-14H,1-3,6-8H2. The van der Waals surface area contributed by atoms with Crippen molar-refractivity contribution >= 4 is 11.6 Å². The van der Waals surface area contributed by atoms with E-state index in [1.54, 1.807) is 6.07 Å². The molecule has 1 aromatic rings. The summed E-state index contributed by atoms with van der Waals surface area (Å²) in [6, 6.07) is 4.27. The maximum atomic E-state index is 5.66. The smallest absolute Gasteiger partial charge is 0.151 e. The molecular formula is C11H17ClN4. The average Bonchev–Trinajstić information content (AvgIpc) is 2.33. The molecule has 1 fully saturated rings. The molecule has 88 valence electrons. The van der Waals surface area contributed by atoms with E-state index < -0.39 is 0 Å². The first-order chi connectivity index (χ1) is 7.84. The maximum absolute atomic E-state index is 5.66. The Morgan fingerprint density at radius 3 is 3.00 bits per heavy atom. The zero-order chi connectivity index (χ0) is 11.2. The molecule has 2 N–H and O–H groups in total. The van der Waals surface area contributed by atoms with Gasteiger partial charge in [-0.3, -0.25) is 0 Å². The van der Waals surface area contributed by atoms with E-state index in [1.807, 2.05) is 6.07 Å².